The van der Waals surface area contributed by atoms with Crippen molar-refractivity contribution in [2.75, 3.05) is 12.4 Å². The molecule has 1 N–H and O–H groups in total. The van der Waals surface area contributed by atoms with Crippen molar-refractivity contribution in [3.63, 3.8) is 0 Å². The fraction of sp³-hybridized carbons (Fsp3) is 0.462. The van der Waals surface area contributed by atoms with E-state index in [-0.39, 0.29) is 12.0 Å². The van der Waals surface area contributed by atoms with Gasteiger partial charge in [0.05, 0.1) is 7.11 Å². The summed E-state index contributed by atoms with van der Waals surface area (Å²) in [5.41, 5.74) is 0.977. The van der Waals surface area contributed by atoms with Crippen molar-refractivity contribution in [1.82, 2.24) is 0 Å². The van der Waals surface area contributed by atoms with Crippen LogP contribution in [0.4, 0.5) is 5.69 Å². The number of nitrogens with one attached hydrogen (secondary N) is 1. The summed E-state index contributed by atoms with van der Waals surface area (Å²) in [6.45, 7) is 0. The molecule has 1 atom stereocenters. The van der Waals surface area contributed by atoms with E-state index >= 15 is 0 Å². The molecule has 0 bridgehead atoms. The first-order chi connectivity index (χ1) is 7.81. The lowest BCUT2D eigenvalue weighted by Gasteiger charge is -2.32. The van der Waals surface area contributed by atoms with Gasteiger partial charge in [-0.1, -0.05) is 24.6 Å². The van der Waals surface area contributed by atoms with Crippen molar-refractivity contribution in [2.45, 2.75) is 25.3 Å². The van der Waals surface area contributed by atoms with Gasteiger partial charge >= 0.3 is 5.97 Å². The molecular weight excluding hydrogens is 202 g/mol. The van der Waals surface area contributed by atoms with Crippen LogP contribution >= 0.6 is 0 Å². The Balaban J connectivity index is 2.04. The van der Waals surface area contributed by atoms with Gasteiger partial charge in [-0.05, 0) is 30.9 Å². The summed E-state index contributed by atoms with van der Waals surface area (Å²) < 4.78 is 4.84. The highest BCUT2D eigenvalue weighted by atomic mass is 16.5. The maximum atomic E-state index is 11.7. The van der Waals surface area contributed by atoms with Gasteiger partial charge in [-0.3, -0.25) is 0 Å². The maximum absolute atomic E-state index is 11.7. The van der Waals surface area contributed by atoms with E-state index in [4.69, 9.17) is 4.74 Å². The van der Waals surface area contributed by atoms with Crippen molar-refractivity contribution < 1.29 is 9.53 Å². The van der Waals surface area contributed by atoms with Crippen molar-refractivity contribution >= 4 is 11.7 Å². The Morgan fingerprint density at radius 3 is 2.56 bits per heavy atom. The average Bonchev–Trinajstić information content (AvgIpc) is 2.26. The molecule has 3 nitrogen and oxygen atoms in total. The Bertz CT molecular complexity index is 346. The number of methoxy groups -OCH3 is 1. The Kier molecular flexibility index (Phi) is 3.44. The van der Waals surface area contributed by atoms with Crippen LogP contribution < -0.4 is 5.32 Å². The minimum atomic E-state index is -0.193. The van der Waals surface area contributed by atoms with Crippen LogP contribution in [0.5, 0.6) is 0 Å². The third kappa shape index (κ3) is 2.35. The quantitative estimate of drug-likeness (QED) is 0.790. The second-order valence-electron chi connectivity index (χ2n) is 4.20. The van der Waals surface area contributed by atoms with Crippen LogP contribution in [0.3, 0.4) is 0 Å². The minimum Gasteiger partial charge on any atom is -0.467 e. The van der Waals surface area contributed by atoms with Gasteiger partial charge in [0.1, 0.15) is 6.04 Å². The summed E-state index contributed by atoms with van der Waals surface area (Å²) in [6, 6.07) is 9.61. The molecule has 86 valence electrons. The van der Waals surface area contributed by atoms with Gasteiger partial charge in [0, 0.05) is 5.69 Å². The topological polar surface area (TPSA) is 38.3 Å². The zero-order valence-electron chi connectivity index (χ0n) is 9.48. The molecule has 1 aliphatic rings. The van der Waals surface area contributed by atoms with E-state index in [1.807, 2.05) is 30.3 Å². The molecule has 0 amide bonds. The van der Waals surface area contributed by atoms with Crippen molar-refractivity contribution in [3.8, 4) is 0 Å². The highest BCUT2D eigenvalue weighted by Gasteiger charge is 2.33. The Morgan fingerprint density at radius 1 is 1.38 bits per heavy atom. The number of ether oxygens (including phenoxy) is 1. The number of benzene rings is 1. The second-order valence-corrected chi connectivity index (χ2v) is 4.20. The van der Waals surface area contributed by atoms with E-state index in [0.29, 0.717) is 5.92 Å². The Hall–Kier alpha value is -1.51. The first kappa shape index (κ1) is 11.0. The number of para-hydroxylation sites is 1. The monoisotopic (exact) mass is 219 g/mol. The summed E-state index contributed by atoms with van der Waals surface area (Å²) in [7, 11) is 1.45. The number of esters is 1. The van der Waals surface area contributed by atoms with E-state index in [2.05, 4.69) is 5.32 Å². The van der Waals surface area contributed by atoms with Crippen LogP contribution in [-0.4, -0.2) is 19.1 Å². The van der Waals surface area contributed by atoms with Crippen molar-refractivity contribution in [2.24, 2.45) is 5.92 Å². The SMILES string of the molecule is COC(=O)C(Nc1ccccc1)C1CCC1. The molecule has 1 unspecified atom stereocenters. The maximum Gasteiger partial charge on any atom is 0.328 e. The van der Waals surface area contributed by atoms with E-state index < -0.39 is 0 Å². The van der Waals surface area contributed by atoms with Gasteiger partial charge < -0.3 is 10.1 Å². The third-order valence-electron chi connectivity index (χ3n) is 3.17. The summed E-state index contributed by atoms with van der Waals surface area (Å²) in [5.74, 6) is 0.265. The number of carbonyl (C=O) groups is 1. The smallest absolute Gasteiger partial charge is 0.328 e. The predicted molar refractivity (Wildman–Crippen MR) is 63.2 cm³/mol. The van der Waals surface area contributed by atoms with Gasteiger partial charge in [0.25, 0.3) is 0 Å². The molecule has 0 saturated heterocycles. The van der Waals surface area contributed by atoms with Crippen LogP contribution in [0.2, 0.25) is 0 Å². The predicted octanol–water partition coefficient (Wildman–Crippen LogP) is 2.44. The van der Waals surface area contributed by atoms with Gasteiger partial charge in [0.15, 0.2) is 0 Å². The van der Waals surface area contributed by atoms with Crippen LogP contribution in [0.25, 0.3) is 0 Å². The van der Waals surface area contributed by atoms with Gasteiger partial charge in [-0.15, -0.1) is 0 Å². The van der Waals surface area contributed by atoms with E-state index in [9.17, 15) is 4.79 Å². The largest absolute Gasteiger partial charge is 0.467 e. The molecule has 3 heteroatoms. The zero-order valence-corrected chi connectivity index (χ0v) is 9.48. The summed E-state index contributed by atoms with van der Waals surface area (Å²) in [6.07, 6.45) is 3.44. The molecule has 0 radical (unpaired) electrons. The summed E-state index contributed by atoms with van der Waals surface area (Å²) in [4.78, 5) is 11.7. The number of rotatable bonds is 4. The number of hydrogen-bond donors (Lipinski definition) is 1. The summed E-state index contributed by atoms with van der Waals surface area (Å²) in [5, 5.41) is 3.26. The van der Waals surface area contributed by atoms with Gasteiger partial charge in [-0.25, -0.2) is 4.79 Å². The Labute approximate surface area is 95.8 Å². The molecular formula is C13H17NO2. The fourth-order valence-corrected chi connectivity index (χ4v) is 1.98. The fourth-order valence-electron chi connectivity index (χ4n) is 1.98. The molecule has 1 saturated carbocycles. The van der Waals surface area contributed by atoms with Gasteiger partial charge in [0.2, 0.25) is 0 Å². The van der Waals surface area contributed by atoms with Crippen molar-refractivity contribution in [3.05, 3.63) is 30.3 Å². The summed E-state index contributed by atoms with van der Waals surface area (Å²) >= 11 is 0. The third-order valence-corrected chi connectivity index (χ3v) is 3.17. The first-order valence-electron chi connectivity index (χ1n) is 5.70. The van der Waals surface area contributed by atoms with Crippen LogP contribution in [0, 0.1) is 5.92 Å². The van der Waals surface area contributed by atoms with Crippen LogP contribution in [-0.2, 0) is 9.53 Å². The second kappa shape index (κ2) is 5.01. The molecule has 0 heterocycles. The number of hydrogen-bond acceptors (Lipinski definition) is 3. The Morgan fingerprint density at radius 2 is 2.06 bits per heavy atom. The normalized spacial score (nSPS) is 17.3. The van der Waals surface area contributed by atoms with E-state index in [1.165, 1.54) is 13.5 Å². The molecule has 1 aliphatic carbocycles. The lowest BCUT2D eigenvalue weighted by atomic mass is 9.79. The highest BCUT2D eigenvalue weighted by Crippen LogP contribution is 2.31. The van der Waals surface area contributed by atoms with Crippen LogP contribution in [0.1, 0.15) is 19.3 Å². The highest BCUT2D eigenvalue weighted by molar-refractivity contribution is 5.79. The number of anilines is 1. The molecule has 16 heavy (non-hydrogen) atoms. The molecule has 0 aliphatic heterocycles. The molecule has 1 fully saturated rings. The minimum absolute atomic E-state index is 0.159. The average molecular weight is 219 g/mol. The lowest BCUT2D eigenvalue weighted by molar-refractivity contribution is -0.143. The van der Waals surface area contributed by atoms with Gasteiger partial charge in [-0.2, -0.15) is 0 Å². The molecule has 1 aromatic rings. The van der Waals surface area contributed by atoms with Crippen molar-refractivity contribution in [1.29, 1.82) is 0 Å². The molecule has 0 aromatic heterocycles. The lowest BCUT2D eigenvalue weighted by Crippen LogP contribution is -2.41. The van der Waals surface area contributed by atoms with E-state index in [0.717, 1.165) is 18.5 Å². The molecule has 0 spiro atoms. The number of carbonyl (C=O) groups excluding carboxylic acids is 1. The molecule has 2 rings (SSSR count). The molecule has 1 aromatic carbocycles. The standard InChI is InChI=1S/C13H17NO2/c1-16-13(15)12(10-6-5-7-10)14-11-8-3-2-4-9-11/h2-4,8-10,12,14H,5-7H2,1H3. The zero-order chi connectivity index (χ0) is 11.4. The van der Waals surface area contributed by atoms with Crippen LogP contribution in [0.15, 0.2) is 30.3 Å². The first-order valence-corrected chi connectivity index (χ1v) is 5.70. The van der Waals surface area contributed by atoms with E-state index in [1.54, 1.807) is 0 Å².